The first-order valence-corrected chi connectivity index (χ1v) is 9.64. The van der Waals surface area contributed by atoms with Crippen LogP contribution in [0.1, 0.15) is 6.42 Å². The highest BCUT2D eigenvalue weighted by Gasteiger charge is 2.31. The number of benzene rings is 1. The van der Waals surface area contributed by atoms with Gasteiger partial charge in [-0.25, -0.2) is 0 Å². The first-order valence-electron chi connectivity index (χ1n) is 8.35. The minimum Gasteiger partial charge on any atom is -0.464 e. The van der Waals surface area contributed by atoms with E-state index >= 15 is 0 Å². The summed E-state index contributed by atoms with van der Waals surface area (Å²) in [7, 11) is 1.24. The van der Waals surface area contributed by atoms with Crippen LogP contribution in [0.4, 0.5) is 5.69 Å². The van der Waals surface area contributed by atoms with Crippen molar-refractivity contribution in [3.8, 4) is 0 Å². The van der Waals surface area contributed by atoms with Crippen molar-refractivity contribution in [2.24, 2.45) is 5.92 Å². The molecule has 1 aromatic rings. The highest BCUT2D eigenvalue weighted by atomic mass is 35.5. The van der Waals surface area contributed by atoms with Crippen molar-refractivity contribution >= 4 is 58.3 Å². The number of hydrogen-bond acceptors (Lipinski definition) is 5. The number of nitrogens with one attached hydrogen (secondary N) is 2. The summed E-state index contributed by atoms with van der Waals surface area (Å²) in [6, 6.07) is 4.08. The van der Waals surface area contributed by atoms with Gasteiger partial charge in [0.15, 0.2) is 0 Å². The van der Waals surface area contributed by atoms with Gasteiger partial charge >= 0.3 is 5.97 Å². The standard InChI is InChI=1S/C18H19Cl3N2O5/c1-27-15(17(25)23-14-8-11(20)7-12(21)9-14)16(24)22-13-3-2-10(6-13)18(26)28-5-4-19/h2-3,7-10,13,15H,4-6H2,1H3,(H,22,24)(H,23,25)/t10-,13+,15?/m1/s1. The summed E-state index contributed by atoms with van der Waals surface area (Å²) >= 11 is 17.3. The Kier molecular flexibility index (Phi) is 8.57. The summed E-state index contributed by atoms with van der Waals surface area (Å²) < 4.78 is 10.00. The Balaban J connectivity index is 1.92. The van der Waals surface area contributed by atoms with E-state index in [9.17, 15) is 14.4 Å². The van der Waals surface area contributed by atoms with Crippen LogP contribution >= 0.6 is 34.8 Å². The summed E-state index contributed by atoms with van der Waals surface area (Å²) in [5, 5.41) is 5.87. The van der Waals surface area contributed by atoms with Crippen molar-refractivity contribution in [2.75, 3.05) is 24.9 Å². The van der Waals surface area contributed by atoms with Crippen LogP contribution in [0.2, 0.25) is 10.0 Å². The van der Waals surface area contributed by atoms with Gasteiger partial charge in [0.2, 0.25) is 6.10 Å². The quantitative estimate of drug-likeness (QED) is 0.275. The molecular formula is C18H19Cl3N2O5. The number of ether oxygens (including phenoxy) is 2. The lowest BCUT2D eigenvalue weighted by Crippen LogP contribution is -2.47. The van der Waals surface area contributed by atoms with Gasteiger partial charge in [0.25, 0.3) is 11.8 Å². The molecule has 0 saturated carbocycles. The largest absolute Gasteiger partial charge is 0.464 e. The second-order valence-corrected chi connectivity index (χ2v) is 7.21. The van der Waals surface area contributed by atoms with E-state index < -0.39 is 35.8 Å². The lowest BCUT2D eigenvalue weighted by Gasteiger charge is -2.18. The van der Waals surface area contributed by atoms with Crippen LogP contribution in [0.5, 0.6) is 0 Å². The molecule has 1 aromatic carbocycles. The summed E-state index contributed by atoms with van der Waals surface area (Å²) in [4.78, 5) is 36.6. The van der Waals surface area contributed by atoms with Crippen LogP contribution in [-0.2, 0) is 23.9 Å². The number of carbonyl (C=O) groups excluding carboxylic acids is 3. The number of carbonyl (C=O) groups is 3. The predicted octanol–water partition coefficient (Wildman–Crippen LogP) is 2.79. The van der Waals surface area contributed by atoms with Gasteiger partial charge in [0, 0.05) is 28.9 Å². The molecule has 1 aliphatic carbocycles. The predicted molar refractivity (Wildman–Crippen MR) is 107 cm³/mol. The highest BCUT2D eigenvalue weighted by Crippen LogP contribution is 2.23. The van der Waals surface area contributed by atoms with Crippen LogP contribution in [-0.4, -0.2) is 49.5 Å². The zero-order valence-electron chi connectivity index (χ0n) is 14.9. The normalized spacial score (nSPS) is 19.1. The fraction of sp³-hybridized carbons (Fsp3) is 0.389. The van der Waals surface area contributed by atoms with E-state index in [-0.39, 0.29) is 12.5 Å². The number of anilines is 1. The number of amides is 2. The maximum Gasteiger partial charge on any atom is 0.312 e. The van der Waals surface area contributed by atoms with Gasteiger partial charge in [-0.3, -0.25) is 14.4 Å². The average Bonchev–Trinajstić information content (AvgIpc) is 3.07. The Hall–Kier alpha value is -1.80. The van der Waals surface area contributed by atoms with Crippen LogP contribution in [0.3, 0.4) is 0 Å². The number of alkyl halides is 1. The molecule has 0 spiro atoms. The molecule has 2 amide bonds. The van der Waals surface area contributed by atoms with E-state index in [0.717, 1.165) is 0 Å². The molecule has 0 aromatic heterocycles. The van der Waals surface area contributed by atoms with E-state index in [1.807, 2.05) is 0 Å². The van der Waals surface area contributed by atoms with Crippen molar-refractivity contribution in [1.82, 2.24) is 5.32 Å². The Morgan fingerprint density at radius 3 is 2.43 bits per heavy atom. The molecule has 28 heavy (non-hydrogen) atoms. The molecule has 10 heteroatoms. The fourth-order valence-electron chi connectivity index (χ4n) is 2.65. The first-order chi connectivity index (χ1) is 13.3. The summed E-state index contributed by atoms with van der Waals surface area (Å²) in [6.07, 6.45) is 2.26. The number of rotatable bonds is 8. The van der Waals surface area contributed by atoms with E-state index in [0.29, 0.717) is 22.2 Å². The van der Waals surface area contributed by atoms with Gasteiger partial charge in [-0.15, -0.1) is 11.6 Å². The Morgan fingerprint density at radius 1 is 1.14 bits per heavy atom. The van der Waals surface area contributed by atoms with Crippen molar-refractivity contribution < 1.29 is 23.9 Å². The number of hydrogen-bond donors (Lipinski definition) is 2. The maximum atomic E-state index is 12.4. The topological polar surface area (TPSA) is 93.7 Å². The molecule has 152 valence electrons. The first kappa shape index (κ1) is 22.5. The summed E-state index contributed by atoms with van der Waals surface area (Å²) in [5.41, 5.74) is 0.334. The summed E-state index contributed by atoms with van der Waals surface area (Å²) in [6.45, 7) is 0.126. The summed E-state index contributed by atoms with van der Waals surface area (Å²) in [5.74, 6) is -1.99. The van der Waals surface area contributed by atoms with Gasteiger partial charge in [0.05, 0.1) is 11.8 Å². The monoisotopic (exact) mass is 448 g/mol. The maximum absolute atomic E-state index is 12.4. The highest BCUT2D eigenvalue weighted by molar-refractivity contribution is 6.35. The lowest BCUT2D eigenvalue weighted by molar-refractivity contribution is -0.147. The van der Waals surface area contributed by atoms with Crippen molar-refractivity contribution in [3.63, 3.8) is 0 Å². The zero-order chi connectivity index (χ0) is 20.7. The van der Waals surface area contributed by atoms with Crippen molar-refractivity contribution in [1.29, 1.82) is 0 Å². The van der Waals surface area contributed by atoms with Crippen LogP contribution in [0.25, 0.3) is 0 Å². The number of halogens is 3. The molecule has 2 N–H and O–H groups in total. The minimum absolute atomic E-state index is 0.126. The second-order valence-electron chi connectivity index (χ2n) is 5.96. The third-order valence-electron chi connectivity index (χ3n) is 3.88. The Morgan fingerprint density at radius 2 is 1.82 bits per heavy atom. The number of esters is 1. The third kappa shape index (κ3) is 6.38. The van der Waals surface area contributed by atoms with Gasteiger partial charge in [-0.05, 0) is 24.6 Å². The van der Waals surface area contributed by atoms with Crippen molar-refractivity contribution in [2.45, 2.75) is 18.6 Å². The van der Waals surface area contributed by atoms with Gasteiger partial charge in [-0.2, -0.15) is 0 Å². The molecule has 0 fully saturated rings. The third-order valence-corrected chi connectivity index (χ3v) is 4.47. The molecular weight excluding hydrogens is 431 g/mol. The van der Waals surface area contributed by atoms with Crippen molar-refractivity contribution in [3.05, 3.63) is 40.4 Å². The van der Waals surface area contributed by atoms with E-state index in [4.69, 9.17) is 44.3 Å². The smallest absolute Gasteiger partial charge is 0.312 e. The number of methoxy groups -OCH3 is 1. The van der Waals surface area contributed by atoms with Gasteiger partial charge < -0.3 is 20.1 Å². The fourth-order valence-corrected chi connectivity index (χ4v) is 3.26. The van der Waals surface area contributed by atoms with E-state index in [1.54, 1.807) is 12.2 Å². The van der Waals surface area contributed by atoms with Crippen LogP contribution < -0.4 is 10.6 Å². The molecule has 0 saturated heterocycles. The molecule has 0 heterocycles. The zero-order valence-corrected chi connectivity index (χ0v) is 17.2. The lowest BCUT2D eigenvalue weighted by atomic mass is 10.1. The SMILES string of the molecule is COC(C(=O)Nc1cc(Cl)cc(Cl)c1)C(=O)N[C@H]1C=C[C@@H](C(=O)OCCCl)C1. The van der Waals surface area contributed by atoms with E-state index in [1.165, 1.54) is 25.3 Å². The second kappa shape index (κ2) is 10.7. The molecule has 3 atom stereocenters. The molecule has 2 rings (SSSR count). The molecule has 0 bridgehead atoms. The molecule has 0 aliphatic heterocycles. The molecule has 7 nitrogen and oxygen atoms in total. The van der Waals surface area contributed by atoms with Crippen LogP contribution in [0.15, 0.2) is 30.4 Å². The molecule has 1 aliphatic rings. The molecule has 1 unspecified atom stereocenters. The van der Waals surface area contributed by atoms with Crippen LogP contribution in [0, 0.1) is 5.92 Å². The van der Waals surface area contributed by atoms with E-state index in [2.05, 4.69) is 10.6 Å². The minimum atomic E-state index is -1.39. The van der Waals surface area contributed by atoms with Gasteiger partial charge in [-0.1, -0.05) is 35.4 Å². The van der Waals surface area contributed by atoms with Gasteiger partial charge in [0.1, 0.15) is 6.61 Å². The Bertz CT molecular complexity index is 751. The average molecular weight is 450 g/mol. The Labute approximate surface area is 177 Å². The molecule has 0 radical (unpaired) electrons.